The lowest BCUT2D eigenvalue weighted by atomic mass is 9.99. The van der Waals surface area contributed by atoms with Crippen molar-refractivity contribution in [2.45, 2.75) is 0 Å². The smallest absolute Gasteiger partial charge is 0.222 e. The number of rotatable bonds is 4. The van der Waals surface area contributed by atoms with Gasteiger partial charge in [0.2, 0.25) is 5.95 Å². The molecule has 25 heavy (non-hydrogen) atoms. The summed E-state index contributed by atoms with van der Waals surface area (Å²) in [6, 6.07) is 12.8. The molecule has 3 aromatic rings. The van der Waals surface area contributed by atoms with Crippen LogP contribution in [0.25, 0.3) is 22.4 Å². The molecule has 0 fully saturated rings. The van der Waals surface area contributed by atoms with Crippen LogP contribution in [-0.4, -0.2) is 24.2 Å². The number of nitrogen functional groups attached to an aromatic ring is 2. The molecule has 4 N–H and O–H groups in total. The summed E-state index contributed by atoms with van der Waals surface area (Å²) >= 11 is 6.25. The molecule has 128 valence electrons. The molecule has 0 unspecified atom stereocenters. The molecule has 1 heterocycles. The maximum atomic E-state index is 6.25. The molecular weight excluding hydrogens is 340 g/mol. The van der Waals surface area contributed by atoms with Gasteiger partial charge in [0, 0.05) is 5.56 Å². The Hall–Kier alpha value is -2.99. The van der Waals surface area contributed by atoms with Gasteiger partial charge in [-0.1, -0.05) is 17.7 Å². The molecule has 0 spiro atoms. The predicted octanol–water partition coefficient (Wildman–Crippen LogP) is 3.65. The largest absolute Gasteiger partial charge is 0.497 e. The zero-order valence-electron chi connectivity index (χ0n) is 13.8. The zero-order valence-corrected chi connectivity index (χ0v) is 14.5. The van der Waals surface area contributed by atoms with E-state index < -0.39 is 0 Å². The Labute approximate surface area is 150 Å². The van der Waals surface area contributed by atoms with Crippen molar-refractivity contribution in [3.05, 3.63) is 47.5 Å². The number of ether oxygens (including phenoxy) is 2. The lowest BCUT2D eigenvalue weighted by Gasteiger charge is -2.14. The van der Waals surface area contributed by atoms with Gasteiger partial charge in [0.05, 0.1) is 30.5 Å². The van der Waals surface area contributed by atoms with Gasteiger partial charge >= 0.3 is 0 Å². The van der Waals surface area contributed by atoms with Crippen molar-refractivity contribution in [1.29, 1.82) is 0 Å². The highest BCUT2D eigenvalue weighted by Crippen LogP contribution is 2.38. The minimum Gasteiger partial charge on any atom is -0.497 e. The molecule has 0 saturated carbocycles. The van der Waals surface area contributed by atoms with Crippen LogP contribution in [-0.2, 0) is 0 Å². The Kier molecular flexibility index (Phi) is 4.63. The SMILES string of the molecule is COc1ccc(-c2nc(N)nc(N)c2-c2ccc(OC)c(Cl)c2)cc1. The molecular formula is C18H17ClN4O2. The normalized spacial score (nSPS) is 10.5. The molecule has 1 aromatic heterocycles. The fraction of sp³-hybridized carbons (Fsp3) is 0.111. The quantitative estimate of drug-likeness (QED) is 0.740. The summed E-state index contributed by atoms with van der Waals surface area (Å²) in [5.41, 5.74) is 14.8. The number of halogens is 1. The first-order valence-corrected chi connectivity index (χ1v) is 7.82. The van der Waals surface area contributed by atoms with Gasteiger partial charge in [-0.2, -0.15) is 4.98 Å². The molecule has 6 nitrogen and oxygen atoms in total. The highest BCUT2D eigenvalue weighted by molar-refractivity contribution is 6.32. The molecule has 7 heteroatoms. The van der Waals surface area contributed by atoms with Gasteiger partial charge in [0.1, 0.15) is 17.3 Å². The van der Waals surface area contributed by atoms with Crippen LogP contribution in [0.3, 0.4) is 0 Å². The van der Waals surface area contributed by atoms with E-state index >= 15 is 0 Å². The average Bonchev–Trinajstić information content (AvgIpc) is 2.61. The third-order valence-corrected chi connectivity index (χ3v) is 4.05. The van der Waals surface area contributed by atoms with Gasteiger partial charge < -0.3 is 20.9 Å². The topological polar surface area (TPSA) is 96.3 Å². The minimum absolute atomic E-state index is 0.103. The highest BCUT2D eigenvalue weighted by Gasteiger charge is 2.17. The Morgan fingerprint density at radius 3 is 2.16 bits per heavy atom. The zero-order chi connectivity index (χ0) is 18.0. The summed E-state index contributed by atoms with van der Waals surface area (Å²) in [7, 11) is 3.17. The summed E-state index contributed by atoms with van der Waals surface area (Å²) in [4.78, 5) is 8.47. The van der Waals surface area contributed by atoms with E-state index in [0.717, 1.165) is 16.9 Å². The Bertz CT molecular complexity index is 914. The molecule has 0 aliphatic carbocycles. The summed E-state index contributed by atoms with van der Waals surface area (Å²) in [6.45, 7) is 0. The number of hydrogen-bond donors (Lipinski definition) is 2. The Morgan fingerprint density at radius 2 is 1.56 bits per heavy atom. The van der Waals surface area contributed by atoms with Gasteiger partial charge in [-0.05, 0) is 42.0 Å². The van der Waals surface area contributed by atoms with E-state index in [9.17, 15) is 0 Å². The predicted molar refractivity (Wildman–Crippen MR) is 99.8 cm³/mol. The molecule has 2 aromatic carbocycles. The summed E-state index contributed by atoms with van der Waals surface area (Å²) in [5, 5.41) is 0.469. The average molecular weight is 357 g/mol. The van der Waals surface area contributed by atoms with Crippen LogP contribution in [0, 0.1) is 0 Å². The summed E-state index contributed by atoms with van der Waals surface area (Å²) in [5.74, 6) is 1.70. The van der Waals surface area contributed by atoms with E-state index in [1.807, 2.05) is 30.3 Å². The van der Waals surface area contributed by atoms with Crippen molar-refractivity contribution in [3.8, 4) is 33.9 Å². The van der Waals surface area contributed by atoms with Crippen LogP contribution in [0.1, 0.15) is 0 Å². The summed E-state index contributed by atoms with van der Waals surface area (Å²) in [6.07, 6.45) is 0. The van der Waals surface area contributed by atoms with Crippen LogP contribution >= 0.6 is 11.6 Å². The second-order valence-corrected chi connectivity index (χ2v) is 5.68. The third kappa shape index (κ3) is 3.29. The van der Waals surface area contributed by atoms with E-state index in [4.69, 9.17) is 32.5 Å². The van der Waals surface area contributed by atoms with Gasteiger partial charge in [-0.25, -0.2) is 4.98 Å². The van der Waals surface area contributed by atoms with E-state index in [1.54, 1.807) is 26.4 Å². The Morgan fingerprint density at radius 1 is 0.880 bits per heavy atom. The molecule has 0 amide bonds. The van der Waals surface area contributed by atoms with E-state index in [0.29, 0.717) is 22.0 Å². The van der Waals surface area contributed by atoms with E-state index in [2.05, 4.69) is 9.97 Å². The van der Waals surface area contributed by atoms with Gasteiger partial charge in [0.15, 0.2) is 0 Å². The van der Waals surface area contributed by atoms with Crippen LogP contribution < -0.4 is 20.9 Å². The van der Waals surface area contributed by atoms with Crippen LogP contribution in [0.4, 0.5) is 11.8 Å². The van der Waals surface area contributed by atoms with Crippen LogP contribution in [0.5, 0.6) is 11.5 Å². The highest BCUT2D eigenvalue weighted by atomic mass is 35.5. The van der Waals surface area contributed by atoms with E-state index in [-0.39, 0.29) is 11.8 Å². The number of nitrogens with two attached hydrogens (primary N) is 2. The fourth-order valence-electron chi connectivity index (χ4n) is 2.56. The summed E-state index contributed by atoms with van der Waals surface area (Å²) < 4.78 is 10.4. The maximum absolute atomic E-state index is 6.25. The van der Waals surface area contributed by atoms with Crippen LogP contribution in [0.15, 0.2) is 42.5 Å². The van der Waals surface area contributed by atoms with Gasteiger partial charge in [0.25, 0.3) is 0 Å². The number of methoxy groups -OCH3 is 2. The van der Waals surface area contributed by atoms with Crippen molar-refractivity contribution >= 4 is 23.4 Å². The second kappa shape index (κ2) is 6.86. The van der Waals surface area contributed by atoms with E-state index in [1.165, 1.54) is 0 Å². The number of anilines is 2. The third-order valence-electron chi connectivity index (χ3n) is 3.76. The van der Waals surface area contributed by atoms with Crippen molar-refractivity contribution in [2.24, 2.45) is 0 Å². The van der Waals surface area contributed by atoms with Crippen LogP contribution in [0.2, 0.25) is 5.02 Å². The molecule has 0 radical (unpaired) electrons. The molecule has 0 aliphatic rings. The van der Waals surface area contributed by atoms with Crippen molar-refractivity contribution in [3.63, 3.8) is 0 Å². The van der Waals surface area contributed by atoms with Crippen molar-refractivity contribution < 1.29 is 9.47 Å². The molecule has 3 rings (SSSR count). The molecule has 0 saturated heterocycles. The number of benzene rings is 2. The first-order chi connectivity index (χ1) is 12.0. The number of hydrogen-bond acceptors (Lipinski definition) is 6. The maximum Gasteiger partial charge on any atom is 0.222 e. The first kappa shape index (κ1) is 16.9. The second-order valence-electron chi connectivity index (χ2n) is 5.27. The van der Waals surface area contributed by atoms with Crippen molar-refractivity contribution in [2.75, 3.05) is 25.7 Å². The van der Waals surface area contributed by atoms with Gasteiger partial charge in [-0.15, -0.1) is 0 Å². The molecule has 0 aliphatic heterocycles. The fourth-order valence-corrected chi connectivity index (χ4v) is 2.82. The Balaban J connectivity index is 2.20. The minimum atomic E-state index is 0.103. The number of nitrogens with zero attached hydrogens (tertiary/aromatic N) is 2. The standard InChI is InChI=1S/C18H17ClN4O2/c1-24-12-6-3-10(4-7-12)16-15(17(20)23-18(21)22-16)11-5-8-14(25-2)13(19)9-11/h3-9H,1-2H3,(H4,20,21,22,23). The molecule has 0 atom stereocenters. The van der Waals surface area contributed by atoms with Crippen molar-refractivity contribution in [1.82, 2.24) is 9.97 Å². The first-order valence-electron chi connectivity index (χ1n) is 7.44. The monoisotopic (exact) mass is 356 g/mol. The lowest BCUT2D eigenvalue weighted by Crippen LogP contribution is -2.04. The lowest BCUT2D eigenvalue weighted by molar-refractivity contribution is 0.415. The molecule has 0 bridgehead atoms. The van der Waals surface area contributed by atoms with Gasteiger partial charge in [-0.3, -0.25) is 0 Å². The number of aromatic nitrogens is 2.